The van der Waals surface area contributed by atoms with Crippen molar-refractivity contribution < 1.29 is 0 Å². The summed E-state index contributed by atoms with van der Waals surface area (Å²) in [6.07, 6.45) is 1.80. The molecule has 0 fully saturated rings. The normalized spacial score (nSPS) is 12.1. The molecule has 0 aliphatic heterocycles. The largest absolute Gasteiger partial charge is 0.400 e. The van der Waals surface area contributed by atoms with Gasteiger partial charge in [-0.25, -0.2) is 4.68 Å². The van der Waals surface area contributed by atoms with E-state index in [0.29, 0.717) is 6.04 Å². The summed E-state index contributed by atoms with van der Waals surface area (Å²) < 4.78 is 4.28. The van der Waals surface area contributed by atoms with Gasteiger partial charge < -0.3 is 15.2 Å². The Balaban J connectivity index is 2.89. The van der Waals surface area contributed by atoms with Crippen molar-refractivity contribution in [3.8, 4) is 0 Å². The number of hydrogen-bond donors (Lipinski definition) is 3. The smallest absolute Gasteiger partial charge is 0.328 e. The van der Waals surface area contributed by atoms with Gasteiger partial charge >= 0.3 is 6.98 Å². The second-order valence-corrected chi connectivity index (χ2v) is 7.04. The molecule has 0 amide bonds. The van der Waals surface area contributed by atoms with Crippen molar-refractivity contribution in [2.24, 2.45) is 0 Å². The van der Waals surface area contributed by atoms with Gasteiger partial charge in [-0.05, 0) is 33.0 Å². The minimum atomic E-state index is -0.331. The number of nitrogens with one attached hydrogen (secondary N) is 2. The van der Waals surface area contributed by atoms with Crippen LogP contribution in [0.25, 0.3) is 0 Å². The molecule has 1 rings (SSSR count). The zero-order chi connectivity index (χ0) is 15.5. The third kappa shape index (κ3) is 4.20. The van der Waals surface area contributed by atoms with Crippen molar-refractivity contribution in [1.82, 2.24) is 19.7 Å². The minimum absolute atomic E-state index is 0.184. The van der Waals surface area contributed by atoms with E-state index in [4.69, 9.17) is 0 Å². The molecule has 0 saturated carbocycles. The van der Waals surface area contributed by atoms with Gasteiger partial charge in [-0.3, -0.25) is 0 Å². The zero-order valence-electron chi connectivity index (χ0n) is 13.7. The van der Waals surface area contributed by atoms with Crippen LogP contribution in [0.4, 0.5) is 5.82 Å². The quantitative estimate of drug-likeness (QED) is 0.532. The summed E-state index contributed by atoms with van der Waals surface area (Å²) >= 11 is 4.59. The van der Waals surface area contributed by atoms with E-state index < -0.39 is 0 Å². The Morgan fingerprint density at radius 1 is 1.35 bits per heavy atom. The van der Waals surface area contributed by atoms with E-state index in [1.165, 1.54) is 0 Å². The van der Waals surface area contributed by atoms with Gasteiger partial charge in [0.2, 0.25) is 0 Å². The lowest BCUT2D eigenvalue weighted by Crippen LogP contribution is -2.59. The molecule has 0 unspecified atom stereocenters. The fourth-order valence-corrected chi connectivity index (χ4v) is 2.68. The summed E-state index contributed by atoms with van der Waals surface area (Å²) in [4.78, 5) is -0.331. The summed E-state index contributed by atoms with van der Waals surface area (Å²) in [7, 11) is 1.98. The summed E-state index contributed by atoms with van der Waals surface area (Å²) in [5.41, 5.74) is 0. The molecule has 8 heteroatoms. The Hall–Kier alpha value is -0.590. The number of thiol groups is 1. The second kappa shape index (κ2) is 6.91. The third-order valence-electron chi connectivity index (χ3n) is 3.43. The molecule has 1 heterocycles. The molecule has 2 N–H and O–H groups in total. The Morgan fingerprint density at radius 3 is 2.40 bits per heavy atom. The van der Waals surface area contributed by atoms with E-state index in [-0.39, 0.29) is 18.8 Å². The fraction of sp³-hybridized carbons (Fsp3) is 0.750. The van der Waals surface area contributed by atoms with Gasteiger partial charge in [0.05, 0.1) is 6.20 Å². The molecule has 0 aliphatic rings. The van der Waals surface area contributed by atoms with Crippen molar-refractivity contribution >= 4 is 32.4 Å². The topological polar surface area (TPSA) is 45.1 Å². The van der Waals surface area contributed by atoms with Crippen molar-refractivity contribution in [3.63, 3.8) is 0 Å². The van der Waals surface area contributed by atoms with Crippen molar-refractivity contribution in [2.45, 2.75) is 52.3 Å². The summed E-state index contributed by atoms with van der Waals surface area (Å²) in [6.45, 7) is 13.2. The predicted octanol–water partition coefficient (Wildman–Crippen LogP) is 2.08. The molecule has 0 saturated heterocycles. The summed E-state index contributed by atoms with van der Waals surface area (Å²) in [5, 5.41) is 11.2. The molecule has 0 atom stereocenters. The van der Waals surface area contributed by atoms with Crippen LogP contribution in [0.3, 0.4) is 0 Å². The maximum atomic E-state index is 4.59. The first-order valence-electron chi connectivity index (χ1n) is 7.16. The highest BCUT2D eigenvalue weighted by atomic mass is 32.1. The van der Waals surface area contributed by atoms with Gasteiger partial charge in [-0.15, -0.1) is 12.6 Å². The Bertz CT molecular complexity index is 418. The molecular formula is C12H27B2N5S. The van der Waals surface area contributed by atoms with Crippen LogP contribution in [0.5, 0.6) is 0 Å². The highest BCUT2D eigenvalue weighted by Gasteiger charge is 2.29. The highest BCUT2D eigenvalue weighted by Crippen LogP contribution is 2.24. The molecule has 0 bridgehead atoms. The van der Waals surface area contributed by atoms with E-state index >= 15 is 0 Å². The van der Waals surface area contributed by atoms with Crippen LogP contribution in [0.1, 0.15) is 27.7 Å². The first-order valence-corrected chi connectivity index (χ1v) is 7.61. The van der Waals surface area contributed by atoms with Crippen LogP contribution in [0.2, 0.25) is 13.6 Å². The molecule has 0 spiro atoms. The van der Waals surface area contributed by atoms with Crippen molar-refractivity contribution in [3.05, 3.63) is 12.3 Å². The Labute approximate surface area is 129 Å². The second-order valence-electron chi connectivity index (χ2n) is 5.95. The third-order valence-corrected chi connectivity index (χ3v) is 3.62. The molecule has 20 heavy (non-hydrogen) atoms. The number of hydrogen-bond acceptors (Lipinski definition) is 5. The number of rotatable bonds is 7. The van der Waals surface area contributed by atoms with Gasteiger partial charge in [0, 0.05) is 0 Å². The first-order chi connectivity index (χ1) is 9.18. The maximum absolute atomic E-state index is 4.59. The molecule has 5 nitrogen and oxygen atoms in total. The van der Waals surface area contributed by atoms with E-state index in [1.54, 1.807) is 6.20 Å². The number of aromatic nitrogens is 2. The zero-order valence-corrected chi connectivity index (χ0v) is 14.6. The van der Waals surface area contributed by atoms with Gasteiger partial charge in [-0.2, -0.15) is 5.10 Å². The lowest BCUT2D eigenvalue weighted by atomic mass is 9.61. The lowest BCUT2D eigenvalue weighted by Gasteiger charge is -2.35. The van der Waals surface area contributed by atoms with Crippen LogP contribution in [0, 0.1) is 0 Å². The predicted molar refractivity (Wildman–Crippen MR) is 93.4 cm³/mol. The molecule has 0 radical (unpaired) electrons. The van der Waals surface area contributed by atoms with Gasteiger partial charge in [0.25, 0.3) is 6.98 Å². The number of anilines is 1. The lowest BCUT2D eigenvalue weighted by molar-refractivity contribution is 0.487. The highest BCUT2D eigenvalue weighted by molar-refractivity contribution is 7.81. The maximum Gasteiger partial charge on any atom is 0.328 e. The SMILES string of the molecule is CNB(C)N(B(C)Nc1ccnn1C(C)(C)S)C(C)C. The molecule has 112 valence electrons. The van der Waals surface area contributed by atoms with E-state index in [2.05, 4.69) is 60.4 Å². The van der Waals surface area contributed by atoms with E-state index in [0.717, 1.165) is 5.82 Å². The average molecular weight is 295 g/mol. The average Bonchev–Trinajstić information content (AvgIpc) is 2.76. The van der Waals surface area contributed by atoms with Crippen LogP contribution >= 0.6 is 12.6 Å². The van der Waals surface area contributed by atoms with Crippen molar-refractivity contribution in [1.29, 1.82) is 0 Å². The molecule has 1 aromatic rings. The molecule has 1 aromatic heterocycles. The Kier molecular flexibility index (Phi) is 6.04. The standard InChI is InChI=1S/C12H27B2N5S/c1-10(2)19(13(5)15-7)14(6)17-11-8-9-16-18(11)12(3,4)20/h8-10,15,17,20H,1-7H3. The molecular weight excluding hydrogens is 268 g/mol. The van der Waals surface area contributed by atoms with Crippen LogP contribution in [-0.2, 0) is 4.87 Å². The van der Waals surface area contributed by atoms with Crippen LogP contribution in [-0.4, -0.2) is 41.6 Å². The van der Waals surface area contributed by atoms with E-state index in [1.807, 2.05) is 31.6 Å². The van der Waals surface area contributed by atoms with Gasteiger partial charge in [0.1, 0.15) is 10.7 Å². The monoisotopic (exact) mass is 295 g/mol. The minimum Gasteiger partial charge on any atom is -0.400 e. The summed E-state index contributed by atoms with van der Waals surface area (Å²) in [5.74, 6) is 0.978. The van der Waals surface area contributed by atoms with Crippen molar-refractivity contribution in [2.75, 3.05) is 12.3 Å². The van der Waals surface area contributed by atoms with E-state index in [9.17, 15) is 0 Å². The first kappa shape index (κ1) is 17.5. The van der Waals surface area contributed by atoms with Crippen LogP contribution < -0.4 is 10.5 Å². The number of nitrogens with zero attached hydrogens (tertiary/aromatic N) is 3. The molecule has 0 aromatic carbocycles. The van der Waals surface area contributed by atoms with Gasteiger partial charge in [0.15, 0.2) is 0 Å². The molecule has 0 aliphatic carbocycles. The fourth-order valence-electron chi connectivity index (χ4n) is 2.52. The van der Waals surface area contributed by atoms with Crippen LogP contribution in [0.15, 0.2) is 12.3 Å². The summed E-state index contributed by atoms with van der Waals surface area (Å²) in [6, 6.07) is 2.41. The Morgan fingerprint density at radius 2 is 1.95 bits per heavy atom. The van der Waals surface area contributed by atoms with Gasteiger partial charge in [-0.1, -0.05) is 27.5 Å².